The first-order valence-electron chi connectivity index (χ1n) is 14.3. The summed E-state index contributed by atoms with van der Waals surface area (Å²) < 4.78 is 39.7. The number of anilines is 1. The van der Waals surface area contributed by atoms with Crippen LogP contribution in [-0.4, -0.2) is 68.9 Å². The fourth-order valence-electron chi connectivity index (χ4n) is 4.93. The molecule has 0 unspecified atom stereocenters. The number of carbonyl (C=O) groups is 2. The number of halogens is 3. The fourth-order valence-corrected chi connectivity index (χ4v) is 6.77. The number of nitrogens with one attached hydrogen (secondary N) is 1. The maximum atomic E-state index is 13.6. The van der Waals surface area contributed by atoms with Crippen molar-refractivity contribution in [1.29, 1.82) is 0 Å². The Balaban J connectivity index is 1.20. The summed E-state index contributed by atoms with van der Waals surface area (Å²) in [5.41, 5.74) is 3.77. The van der Waals surface area contributed by atoms with Crippen molar-refractivity contribution in [3.8, 4) is 5.75 Å². The summed E-state index contributed by atoms with van der Waals surface area (Å²) in [6.07, 6.45) is 1.23. The van der Waals surface area contributed by atoms with Gasteiger partial charge in [-0.3, -0.25) is 9.59 Å². The first kappa shape index (κ1) is 34.3. The third kappa shape index (κ3) is 8.45. The lowest BCUT2D eigenvalue weighted by molar-refractivity contribution is -0.146. The van der Waals surface area contributed by atoms with Crippen molar-refractivity contribution in [2.75, 3.05) is 38.2 Å². The van der Waals surface area contributed by atoms with Crippen LogP contribution in [0.2, 0.25) is 15.1 Å². The number of amides is 2. The molecule has 246 valence electrons. The maximum absolute atomic E-state index is 13.6. The van der Waals surface area contributed by atoms with Gasteiger partial charge in [-0.25, -0.2) is 13.8 Å². The van der Waals surface area contributed by atoms with E-state index in [2.05, 4.69) is 15.4 Å². The molecule has 0 spiro atoms. The Morgan fingerprint density at radius 2 is 1.66 bits per heavy atom. The SMILES string of the molecule is COc1ccccc1N1CCN(C(=O)C(=O)N/N=C/c2ccc(CN(Cc3ccc(Cl)c(Cl)c3)S(=O)(=O)c3ccc(Cl)cc3)o2)CC1. The van der Waals surface area contributed by atoms with E-state index in [-0.39, 0.29) is 23.7 Å². The maximum Gasteiger partial charge on any atom is 0.329 e. The Labute approximate surface area is 287 Å². The molecule has 1 N–H and O–H groups in total. The molecular weight excluding hydrogens is 689 g/mol. The summed E-state index contributed by atoms with van der Waals surface area (Å²) >= 11 is 18.2. The molecule has 0 atom stereocenters. The average molecular weight is 719 g/mol. The minimum Gasteiger partial charge on any atom is -0.495 e. The zero-order chi connectivity index (χ0) is 33.6. The summed E-state index contributed by atoms with van der Waals surface area (Å²) in [4.78, 5) is 28.9. The standard InChI is InChI=1S/C32H30Cl3N5O6S/c1-45-30-5-3-2-4-29(30)38-14-16-39(17-15-38)32(42)31(41)37-36-19-24-9-10-25(46-24)21-40(20-22-6-13-27(34)28(35)18-22)47(43,44)26-11-7-23(33)8-12-26/h2-13,18-19H,14-17,20-21H2,1H3,(H,37,41)/b36-19+. The third-order valence-corrected chi connectivity index (χ3v) is 10.2. The highest BCUT2D eigenvalue weighted by atomic mass is 35.5. The van der Waals surface area contributed by atoms with Gasteiger partial charge in [0.15, 0.2) is 0 Å². The number of hydrogen-bond donors (Lipinski definition) is 1. The molecule has 2 heterocycles. The summed E-state index contributed by atoms with van der Waals surface area (Å²) in [6, 6.07) is 21.5. The molecule has 47 heavy (non-hydrogen) atoms. The number of hydrazone groups is 1. The molecule has 0 radical (unpaired) electrons. The van der Waals surface area contributed by atoms with E-state index in [1.54, 1.807) is 37.4 Å². The van der Waals surface area contributed by atoms with Gasteiger partial charge in [0.2, 0.25) is 10.0 Å². The highest BCUT2D eigenvalue weighted by molar-refractivity contribution is 7.89. The van der Waals surface area contributed by atoms with Gasteiger partial charge in [0.05, 0.1) is 40.5 Å². The van der Waals surface area contributed by atoms with Crippen molar-refractivity contribution < 1.29 is 27.2 Å². The van der Waals surface area contributed by atoms with Crippen LogP contribution in [0.3, 0.4) is 0 Å². The lowest BCUT2D eigenvalue weighted by Crippen LogP contribution is -2.52. The number of sulfonamides is 1. The van der Waals surface area contributed by atoms with Crippen LogP contribution in [0.4, 0.5) is 5.69 Å². The minimum atomic E-state index is -4.00. The lowest BCUT2D eigenvalue weighted by atomic mass is 10.2. The van der Waals surface area contributed by atoms with E-state index < -0.39 is 21.8 Å². The fraction of sp³-hybridized carbons (Fsp3) is 0.219. The Hall–Kier alpha value is -4.07. The van der Waals surface area contributed by atoms with E-state index in [0.717, 1.165) is 11.4 Å². The zero-order valence-corrected chi connectivity index (χ0v) is 28.2. The molecule has 1 aromatic heterocycles. The molecule has 2 amide bonds. The number of nitrogens with zero attached hydrogens (tertiary/aromatic N) is 4. The number of hydrogen-bond acceptors (Lipinski definition) is 8. The average Bonchev–Trinajstić information content (AvgIpc) is 3.53. The van der Waals surface area contributed by atoms with Crippen LogP contribution in [0.15, 0.2) is 93.3 Å². The smallest absolute Gasteiger partial charge is 0.329 e. The largest absolute Gasteiger partial charge is 0.495 e. The normalized spacial score (nSPS) is 13.7. The van der Waals surface area contributed by atoms with Gasteiger partial charge in [0.1, 0.15) is 17.3 Å². The summed E-state index contributed by atoms with van der Waals surface area (Å²) in [6.45, 7) is 1.61. The van der Waals surface area contributed by atoms with Crippen molar-refractivity contribution in [3.05, 3.63) is 111 Å². The van der Waals surface area contributed by atoms with Gasteiger partial charge >= 0.3 is 11.8 Å². The Bertz CT molecular complexity index is 1880. The van der Waals surface area contributed by atoms with Crippen molar-refractivity contribution in [2.24, 2.45) is 5.10 Å². The molecule has 1 saturated heterocycles. The molecule has 0 bridgehead atoms. The lowest BCUT2D eigenvalue weighted by Gasteiger charge is -2.36. The van der Waals surface area contributed by atoms with Crippen LogP contribution in [-0.2, 0) is 32.7 Å². The number of ether oxygens (including phenoxy) is 1. The van der Waals surface area contributed by atoms with Crippen LogP contribution in [0.5, 0.6) is 5.75 Å². The van der Waals surface area contributed by atoms with E-state index in [4.69, 9.17) is 44.0 Å². The van der Waals surface area contributed by atoms with Gasteiger partial charge in [-0.05, 0) is 66.2 Å². The number of piperazine rings is 1. The first-order valence-corrected chi connectivity index (χ1v) is 16.9. The monoisotopic (exact) mass is 717 g/mol. The van der Waals surface area contributed by atoms with Crippen LogP contribution in [0, 0.1) is 0 Å². The van der Waals surface area contributed by atoms with Gasteiger partial charge < -0.3 is 19.0 Å². The number of para-hydroxylation sites is 2. The molecule has 1 fully saturated rings. The molecule has 4 aromatic rings. The second-order valence-electron chi connectivity index (χ2n) is 10.4. The Kier molecular flexibility index (Phi) is 11.1. The van der Waals surface area contributed by atoms with E-state index in [1.165, 1.54) is 39.7 Å². The Morgan fingerprint density at radius 1 is 0.936 bits per heavy atom. The highest BCUT2D eigenvalue weighted by Gasteiger charge is 2.28. The van der Waals surface area contributed by atoms with Gasteiger partial charge in [0.25, 0.3) is 0 Å². The van der Waals surface area contributed by atoms with Crippen LogP contribution in [0.25, 0.3) is 0 Å². The van der Waals surface area contributed by atoms with E-state index in [9.17, 15) is 18.0 Å². The molecule has 11 nitrogen and oxygen atoms in total. The second kappa shape index (κ2) is 15.2. The van der Waals surface area contributed by atoms with Crippen LogP contribution < -0.4 is 15.1 Å². The molecule has 15 heteroatoms. The quantitative estimate of drug-likeness (QED) is 0.132. The summed E-state index contributed by atoms with van der Waals surface area (Å²) in [5.74, 6) is -0.313. The van der Waals surface area contributed by atoms with Crippen molar-refractivity contribution in [1.82, 2.24) is 14.6 Å². The van der Waals surface area contributed by atoms with Gasteiger partial charge in [-0.2, -0.15) is 9.41 Å². The molecule has 3 aromatic carbocycles. The van der Waals surface area contributed by atoms with Gasteiger partial charge in [-0.1, -0.05) is 53.0 Å². The van der Waals surface area contributed by atoms with Crippen molar-refractivity contribution in [2.45, 2.75) is 18.0 Å². The van der Waals surface area contributed by atoms with Crippen LogP contribution in [0.1, 0.15) is 17.1 Å². The summed E-state index contributed by atoms with van der Waals surface area (Å²) in [7, 11) is -2.40. The number of carbonyl (C=O) groups excluding carboxylic acids is 2. The number of rotatable bonds is 10. The predicted octanol–water partition coefficient (Wildman–Crippen LogP) is 5.44. The number of benzene rings is 3. The second-order valence-corrected chi connectivity index (χ2v) is 13.6. The molecule has 1 aliphatic rings. The minimum absolute atomic E-state index is 0.0305. The van der Waals surface area contributed by atoms with Gasteiger partial charge in [0, 0.05) is 37.7 Å². The van der Waals surface area contributed by atoms with E-state index >= 15 is 0 Å². The molecular formula is C32H30Cl3N5O6S. The van der Waals surface area contributed by atoms with E-state index in [1.807, 2.05) is 24.3 Å². The topological polar surface area (TPSA) is 125 Å². The molecule has 0 aliphatic carbocycles. The zero-order valence-electron chi connectivity index (χ0n) is 25.1. The highest BCUT2D eigenvalue weighted by Crippen LogP contribution is 2.29. The number of furan rings is 1. The Morgan fingerprint density at radius 3 is 2.36 bits per heavy atom. The molecule has 1 aliphatic heterocycles. The van der Waals surface area contributed by atoms with E-state index in [0.29, 0.717) is 52.6 Å². The van der Waals surface area contributed by atoms with Gasteiger partial charge in [-0.15, -0.1) is 0 Å². The number of methoxy groups -OCH3 is 1. The van der Waals surface area contributed by atoms with Crippen molar-refractivity contribution >= 4 is 68.5 Å². The third-order valence-electron chi connectivity index (χ3n) is 7.35. The van der Waals surface area contributed by atoms with Crippen LogP contribution >= 0.6 is 34.8 Å². The molecule has 5 rings (SSSR count). The first-order chi connectivity index (χ1) is 22.5. The predicted molar refractivity (Wildman–Crippen MR) is 181 cm³/mol. The molecule has 0 saturated carbocycles. The van der Waals surface area contributed by atoms with Crippen molar-refractivity contribution in [3.63, 3.8) is 0 Å². The summed E-state index contributed by atoms with van der Waals surface area (Å²) in [5, 5.41) is 4.90.